The zero-order valence-corrected chi connectivity index (χ0v) is 22.3. The largest absolute Gasteiger partial charge is 0.353 e. The van der Waals surface area contributed by atoms with Crippen molar-refractivity contribution in [2.45, 2.75) is 13.3 Å². The molecule has 0 saturated heterocycles. The predicted molar refractivity (Wildman–Crippen MR) is 159 cm³/mol. The normalized spacial score (nSPS) is 11.3. The van der Waals surface area contributed by atoms with E-state index >= 15 is 0 Å². The van der Waals surface area contributed by atoms with Crippen LogP contribution in [0.15, 0.2) is 91.5 Å². The van der Waals surface area contributed by atoms with E-state index in [0.717, 1.165) is 54.9 Å². The summed E-state index contributed by atoms with van der Waals surface area (Å²) in [6.45, 7) is 2.10. The van der Waals surface area contributed by atoms with Gasteiger partial charge in [-0.3, -0.25) is 19.9 Å². The highest BCUT2D eigenvalue weighted by Crippen LogP contribution is 2.36. The number of hydrogen-bond donors (Lipinski definition) is 3. The Morgan fingerprint density at radius 3 is 2.62 bits per heavy atom. The maximum atomic E-state index is 12.6. The van der Waals surface area contributed by atoms with E-state index in [1.165, 1.54) is 4.88 Å². The molecule has 0 aliphatic carbocycles. The Morgan fingerprint density at radius 2 is 1.77 bits per heavy atom. The zero-order valence-electron chi connectivity index (χ0n) is 21.5. The topological polar surface area (TPSA) is 112 Å². The van der Waals surface area contributed by atoms with Crippen molar-refractivity contribution < 1.29 is 4.79 Å². The Kier molecular flexibility index (Phi) is 5.90. The van der Waals surface area contributed by atoms with E-state index in [0.29, 0.717) is 17.8 Å². The molecule has 0 radical (unpaired) electrons. The van der Waals surface area contributed by atoms with E-state index in [-0.39, 0.29) is 5.91 Å². The average molecular weight is 542 g/mol. The number of thiophene rings is 1. The van der Waals surface area contributed by atoms with E-state index in [1.54, 1.807) is 29.9 Å². The Morgan fingerprint density at radius 1 is 0.900 bits per heavy atom. The van der Waals surface area contributed by atoms with Gasteiger partial charge in [-0.1, -0.05) is 30.3 Å². The summed E-state index contributed by atoms with van der Waals surface area (Å²) in [5.41, 5.74) is 7.58. The van der Waals surface area contributed by atoms with Crippen molar-refractivity contribution in [1.82, 2.24) is 30.1 Å². The first-order valence-electron chi connectivity index (χ1n) is 12.8. The van der Waals surface area contributed by atoms with Crippen molar-refractivity contribution in [1.29, 1.82) is 0 Å². The fourth-order valence-corrected chi connectivity index (χ4v) is 5.74. The van der Waals surface area contributed by atoms with Gasteiger partial charge in [0.05, 0.1) is 34.6 Å². The van der Waals surface area contributed by atoms with Crippen molar-refractivity contribution in [3.8, 4) is 33.1 Å². The summed E-state index contributed by atoms with van der Waals surface area (Å²) in [7, 11) is 0. The SMILES string of the molecule is Cc1ccc(-c2nccc3[nH]c(-c4n[nH]c5ncc(-c6cncc(NC(=O)Cc7ccccc7)c6)cc45)cc23)s1. The molecule has 8 nitrogen and oxygen atoms in total. The number of fused-ring (bicyclic) bond motifs is 2. The minimum Gasteiger partial charge on any atom is -0.353 e. The van der Waals surface area contributed by atoms with Gasteiger partial charge >= 0.3 is 0 Å². The number of carbonyl (C=O) groups is 1. The van der Waals surface area contributed by atoms with Crippen LogP contribution in [0.3, 0.4) is 0 Å². The number of aromatic nitrogens is 6. The van der Waals surface area contributed by atoms with Crippen molar-refractivity contribution in [2.75, 3.05) is 5.32 Å². The lowest BCUT2D eigenvalue weighted by atomic mass is 10.1. The van der Waals surface area contributed by atoms with E-state index < -0.39 is 0 Å². The number of nitrogens with one attached hydrogen (secondary N) is 3. The number of carbonyl (C=O) groups excluding carboxylic acids is 1. The third kappa shape index (κ3) is 4.52. The van der Waals surface area contributed by atoms with Gasteiger partial charge in [-0.2, -0.15) is 5.10 Å². The van der Waals surface area contributed by atoms with Crippen molar-refractivity contribution in [3.63, 3.8) is 0 Å². The number of anilines is 1. The van der Waals surface area contributed by atoms with Crippen LogP contribution in [0.4, 0.5) is 5.69 Å². The number of rotatable bonds is 6. The quantitative estimate of drug-likeness (QED) is 0.215. The molecule has 194 valence electrons. The number of hydrogen-bond acceptors (Lipinski definition) is 6. The second kappa shape index (κ2) is 9.87. The van der Waals surface area contributed by atoms with Crippen LogP contribution in [0, 0.1) is 6.92 Å². The maximum Gasteiger partial charge on any atom is 0.228 e. The maximum absolute atomic E-state index is 12.6. The molecule has 6 heterocycles. The molecule has 7 rings (SSSR count). The van der Waals surface area contributed by atoms with E-state index in [2.05, 4.69) is 60.6 Å². The number of amides is 1. The third-order valence-electron chi connectivity index (χ3n) is 6.76. The Balaban J connectivity index is 1.21. The molecule has 7 aromatic rings. The summed E-state index contributed by atoms with van der Waals surface area (Å²) < 4.78 is 0. The molecule has 3 N–H and O–H groups in total. The fourth-order valence-electron chi connectivity index (χ4n) is 4.86. The van der Waals surface area contributed by atoms with Crippen molar-refractivity contribution in [2.24, 2.45) is 0 Å². The lowest BCUT2D eigenvalue weighted by Crippen LogP contribution is -2.14. The molecule has 0 saturated carbocycles. The molecular weight excluding hydrogens is 518 g/mol. The fraction of sp³-hybridized carbons (Fsp3) is 0.0645. The van der Waals surface area contributed by atoms with Crippen LogP contribution in [-0.2, 0) is 11.2 Å². The van der Waals surface area contributed by atoms with Crippen LogP contribution in [0.5, 0.6) is 0 Å². The van der Waals surface area contributed by atoms with E-state index in [9.17, 15) is 4.79 Å². The smallest absolute Gasteiger partial charge is 0.228 e. The molecule has 1 aromatic carbocycles. The van der Waals surface area contributed by atoms with E-state index in [1.807, 2.05) is 54.7 Å². The molecule has 0 fully saturated rings. The van der Waals surface area contributed by atoms with Gasteiger partial charge in [0.25, 0.3) is 0 Å². The van der Waals surface area contributed by atoms with Crippen LogP contribution in [0.25, 0.3) is 55.0 Å². The summed E-state index contributed by atoms with van der Waals surface area (Å²) in [6.07, 6.45) is 7.31. The second-order valence-corrected chi connectivity index (χ2v) is 10.9. The van der Waals surface area contributed by atoms with Gasteiger partial charge in [0.2, 0.25) is 5.91 Å². The molecule has 0 atom stereocenters. The summed E-state index contributed by atoms with van der Waals surface area (Å²) in [4.78, 5) is 32.1. The molecule has 0 aliphatic rings. The lowest BCUT2D eigenvalue weighted by molar-refractivity contribution is -0.115. The molecule has 6 aromatic heterocycles. The number of benzene rings is 1. The lowest BCUT2D eigenvalue weighted by Gasteiger charge is -2.07. The number of pyridine rings is 3. The standard InChI is InChI=1S/C31H23N7OS/c1-18-7-8-27(40-18)30-23-14-26(36-25(23)9-10-33-30)29-24-13-21(16-34-31(24)38-37-29)20-12-22(17-32-15-20)35-28(39)11-19-5-3-2-4-6-19/h2-10,12-17,36H,11H2,1H3,(H,35,39)(H,34,37,38). The van der Waals surface area contributed by atoms with Crippen molar-refractivity contribution in [3.05, 3.63) is 102 Å². The van der Waals surface area contributed by atoms with Gasteiger partial charge in [-0.25, -0.2) is 4.98 Å². The van der Waals surface area contributed by atoms with Gasteiger partial charge < -0.3 is 10.3 Å². The number of aryl methyl sites for hydroxylation is 1. The number of nitrogens with zero attached hydrogens (tertiary/aromatic N) is 4. The summed E-state index contributed by atoms with van der Waals surface area (Å²) in [5.74, 6) is -0.0961. The Labute approximate surface area is 233 Å². The monoisotopic (exact) mass is 541 g/mol. The number of H-pyrrole nitrogens is 2. The first-order valence-corrected chi connectivity index (χ1v) is 13.6. The predicted octanol–water partition coefficient (Wildman–Crippen LogP) is 6.78. The minimum atomic E-state index is -0.0961. The van der Waals surface area contributed by atoms with Gasteiger partial charge in [0.15, 0.2) is 5.65 Å². The van der Waals surface area contributed by atoms with Crippen LogP contribution in [-0.4, -0.2) is 36.0 Å². The first kappa shape index (κ1) is 23.9. The van der Waals surface area contributed by atoms with Gasteiger partial charge in [0.1, 0.15) is 5.69 Å². The second-order valence-electron chi connectivity index (χ2n) is 9.58. The molecular formula is C31H23N7OS. The Hall–Kier alpha value is -5.15. The van der Waals surface area contributed by atoms with Crippen LogP contribution < -0.4 is 5.32 Å². The summed E-state index contributed by atoms with van der Waals surface area (Å²) in [5, 5.41) is 12.5. The number of aromatic amines is 2. The zero-order chi connectivity index (χ0) is 27.1. The van der Waals surface area contributed by atoms with Gasteiger partial charge in [-0.05, 0) is 48.9 Å². The first-order chi connectivity index (χ1) is 19.6. The molecule has 0 bridgehead atoms. The van der Waals surface area contributed by atoms with E-state index in [4.69, 9.17) is 0 Å². The minimum absolute atomic E-state index is 0.0961. The molecule has 0 aliphatic heterocycles. The average Bonchev–Trinajstić information content (AvgIpc) is 3.71. The highest BCUT2D eigenvalue weighted by Gasteiger charge is 2.16. The van der Waals surface area contributed by atoms with Crippen molar-refractivity contribution >= 4 is 44.9 Å². The molecule has 9 heteroatoms. The summed E-state index contributed by atoms with van der Waals surface area (Å²) in [6, 6.07) is 21.9. The Bertz CT molecular complexity index is 2010. The van der Waals surface area contributed by atoms with Crippen LogP contribution >= 0.6 is 11.3 Å². The molecule has 0 spiro atoms. The molecule has 40 heavy (non-hydrogen) atoms. The van der Waals surface area contributed by atoms with Crippen LogP contribution in [0.2, 0.25) is 0 Å². The highest BCUT2D eigenvalue weighted by molar-refractivity contribution is 7.15. The van der Waals surface area contributed by atoms with Gasteiger partial charge in [0, 0.05) is 50.9 Å². The molecule has 0 unspecified atom stereocenters. The molecule has 1 amide bonds. The van der Waals surface area contributed by atoms with Gasteiger partial charge in [-0.15, -0.1) is 11.3 Å². The van der Waals surface area contributed by atoms with Crippen LogP contribution in [0.1, 0.15) is 10.4 Å². The third-order valence-corrected chi connectivity index (χ3v) is 7.76. The highest BCUT2D eigenvalue weighted by atomic mass is 32.1. The summed E-state index contributed by atoms with van der Waals surface area (Å²) >= 11 is 1.73.